The molecule has 0 unspecified atom stereocenters. The molecule has 4 nitrogen and oxygen atoms in total. The minimum Gasteiger partial charge on any atom is -0.397 e. The molecule has 1 fully saturated rings. The first kappa shape index (κ1) is 9.12. The summed E-state index contributed by atoms with van der Waals surface area (Å²) < 4.78 is 1.72. The standard InChI is InChI=1S/C10H15N3O/c1-13-5-7(4-6-2-3-6)8(11)9(13)10(12)14/h5-6H,2-4,11H2,1H3,(H2,12,14). The summed E-state index contributed by atoms with van der Waals surface area (Å²) >= 11 is 0. The van der Waals surface area contributed by atoms with Gasteiger partial charge < -0.3 is 16.0 Å². The summed E-state index contributed by atoms with van der Waals surface area (Å²) in [5.74, 6) is 0.312. The van der Waals surface area contributed by atoms with Crippen LogP contribution in [-0.2, 0) is 13.5 Å². The summed E-state index contributed by atoms with van der Waals surface area (Å²) in [7, 11) is 1.80. The van der Waals surface area contributed by atoms with Crippen LogP contribution >= 0.6 is 0 Å². The lowest BCUT2D eigenvalue weighted by molar-refractivity contribution is 0.0993. The Morgan fingerprint density at radius 2 is 2.29 bits per heavy atom. The van der Waals surface area contributed by atoms with Crippen molar-refractivity contribution in [2.24, 2.45) is 18.7 Å². The molecule has 0 aliphatic heterocycles. The number of hydrogen-bond donors (Lipinski definition) is 2. The van der Waals surface area contributed by atoms with Gasteiger partial charge in [0.05, 0.1) is 5.69 Å². The number of primary amides is 1. The van der Waals surface area contributed by atoms with Crippen LogP contribution in [0, 0.1) is 5.92 Å². The lowest BCUT2D eigenvalue weighted by Gasteiger charge is -1.99. The molecule has 76 valence electrons. The lowest BCUT2D eigenvalue weighted by Crippen LogP contribution is -2.16. The Morgan fingerprint density at radius 1 is 1.64 bits per heavy atom. The topological polar surface area (TPSA) is 74.0 Å². The third-order valence-corrected chi connectivity index (χ3v) is 2.74. The van der Waals surface area contributed by atoms with Gasteiger partial charge in [-0.3, -0.25) is 4.79 Å². The van der Waals surface area contributed by atoms with Crippen molar-refractivity contribution in [3.05, 3.63) is 17.5 Å². The Hall–Kier alpha value is -1.45. The van der Waals surface area contributed by atoms with Crippen molar-refractivity contribution >= 4 is 11.6 Å². The molecular weight excluding hydrogens is 178 g/mol. The molecule has 0 bridgehead atoms. The van der Waals surface area contributed by atoms with Gasteiger partial charge >= 0.3 is 0 Å². The van der Waals surface area contributed by atoms with Gasteiger partial charge in [-0.1, -0.05) is 0 Å². The summed E-state index contributed by atoms with van der Waals surface area (Å²) in [6.45, 7) is 0. The van der Waals surface area contributed by atoms with Gasteiger partial charge in [0.1, 0.15) is 5.69 Å². The average molecular weight is 193 g/mol. The smallest absolute Gasteiger partial charge is 0.267 e. The first-order valence-corrected chi connectivity index (χ1v) is 4.83. The first-order chi connectivity index (χ1) is 6.59. The van der Waals surface area contributed by atoms with Gasteiger partial charge in [0, 0.05) is 13.2 Å². The van der Waals surface area contributed by atoms with E-state index >= 15 is 0 Å². The fraction of sp³-hybridized carbons (Fsp3) is 0.500. The van der Waals surface area contributed by atoms with Gasteiger partial charge in [0.2, 0.25) is 0 Å². The minimum atomic E-state index is -0.452. The minimum absolute atomic E-state index is 0.431. The fourth-order valence-corrected chi connectivity index (χ4v) is 1.81. The SMILES string of the molecule is Cn1cc(CC2CC2)c(N)c1C(N)=O. The fourth-order valence-electron chi connectivity index (χ4n) is 1.81. The van der Waals surface area contributed by atoms with Crippen molar-refractivity contribution in [3.8, 4) is 0 Å². The van der Waals surface area contributed by atoms with E-state index in [1.807, 2.05) is 6.20 Å². The first-order valence-electron chi connectivity index (χ1n) is 4.83. The van der Waals surface area contributed by atoms with E-state index in [0.29, 0.717) is 11.4 Å². The third kappa shape index (κ3) is 1.47. The number of aryl methyl sites for hydroxylation is 1. The van der Waals surface area contributed by atoms with E-state index in [2.05, 4.69) is 0 Å². The molecule has 2 rings (SSSR count). The molecule has 0 saturated heterocycles. The maximum absolute atomic E-state index is 11.1. The van der Waals surface area contributed by atoms with E-state index in [1.165, 1.54) is 12.8 Å². The summed E-state index contributed by atoms with van der Waals surface area (Å²) in [4.78, 5) is 11.1. The third-order valence-electron chi connectivity index (χ3n) is 2.74. The number of nitrogens with two attached hydrogens (primary N) is 2. The molecule has 0 aromatic carbocycles. The predicted molar refractivity (Wildman–Crippen MR) is 54.8 cm³/mol. The molecule has 14 heavy (non-hydrogen) atoms. The predicted octanol–water partition coefficient (Wildman–Crippen LogP) is 0.659. The lowest BCUT2D eigenvalue weighted by atomic mass is 10.1. The summed E-state index contributed by atoms with van der Waals surface area (Å²) in [5, 5.41) is 0. The maximum atomic E-state index is 11.1. The van der Waals surface area contributed by atoms with E-state index in [-0.39, 0.29) is 0 Å². The van der Waals surface area contributed by atoms with Gasteiger partial charge in [-0.25, -0.2) is 0 Å². The summed E-state index contributed by atoms with van der Waals surface area (Å²) in [6.07, 6.45) is 5.45. The van der Waals surface area contributed by atoms with E-state index < -0.39 is 5.91 Å². The molecule has 1 saturated carbocycles. The number of hydrogen-bond acceptors (Lipinski definition) is 2. The second kappa shape index (κ2) is 3.04. The van der Waals surface area contributed by atoms with Crippen LogP contribution in [0.1, 0.15) is 28.9 Å². The molecule has 1 amide bonds. The number of nitrogens with zero attached hydrogens (tertiary/aromatic N) is 1. The van der Waals surface area contributed by atoms with Gasteiger partial charge in [0.25, 0.3) is 5.91 Å². The second-order valence-electron chi connectivity index (χ2n) is 4.04. The highest BCUT2D eigenvalue weighted by molar-refractivity contribution is 5.97. The number of anilines is 1. The van der Waals surface area contributed by atoms with Gasteiger partial charge in [-0.05, 0) is 30.7 Å². The highest BCUT2D eigenvalue weighted by atomic mass is 16.1. The number of rotatable bonds is 3. The Balaban J connectivity index is 2.32. The van der Waals surface area contributed by atoms with E-state index in [4.69, 9.17) is 11.5 Å². The van der Waals surface area contributed by atoms with Crippen molar-refractivity contribution in [2.75, 3.05) is 5.73 Å². The highest BCUT2D eigenvalue weighted by Gasteiger charge is 2.25. The normalized spacial score (nSPS) is 15.8. The molecule has 4 N–H and O–H groups in total. The number of carbonyl (C=O) groups excluding carboxylic acids is 1. The highest BCUT2D eigenvalue weighted by Crippen LogP contribution is 2.35. The number of nitrogen functional groups attached to an aromatic ring is 1. The largest absolute Gasteiger partial charge is 0.397 e. The van der Waals surface area contributed by atoms with Crippen LogP contribution in [0.5, 0.6) is 0 Å². The zero-order valence-electron chi connectivity index (χ0n) is 8.29. The Bertz CT molecular complexity index is 377. The van der Waals surface area contributed by atoms with Crippen LogP contribution in [0.4, 0.5) is 5.69 Å². The van der Waals surface area contributed by atoms with Gasteiger partial charge in [-0.15, -0.1) is 0 Å². The Kier molecular flexibility index (Phi) is 1.98. The Morgan fingerprint density at radius 3 is 2.71 bits per heavy atom. The van der Waals surface area contributed by atoms with Crippen LogP contribution in [0.3, 0.4) is 0 Å². The molecule has 1 aromatic heterocycles. The quantitative estimate of drug-likeness (QED) is 0.740. The average Bonchev–Trinajstić information content (AvgIpc) is 2.81. The van der Waals surface area contributed by atoms with Crippen molar-refractivity contribution in [2.45, 2.75) is 19.3 Å². The Labute approximate surface area is 82.9 Å². The molecule has 0 atom stereocenters. The van der Waals surface area contributed by atoms with Crippen molar-refractivity contribution in [1.29, 1.82) is 0 Å². The molecule has 4 heteroatoms. The number of aromatic nitrogens is 1. The van der Waals surface area contributed by atoms with E-state index in [1.54, 1.807) is 11.6 Å². The van der Waals surface area contributed by atoms with Gasteiger partial charge in [0.15, 0.2) is 0 Å². The van der Waals surface area contributed by atoms with Crippen LogP contribution < -0.4 is 11.5 Å². The van der Waals surface area contributed by atoms with Crippen molar-refractivity contribution in [3.63, 3.8) is 0 Å². The zero-order valence-corrected chi connectivity index (χ0v) is 8.29. The number of carbonyl (C=O) groups is 1. The van der Waals surface area contributed by atoms with Gasteiger partial charge in [-0.2, -0.15) is 0 Å². The maximum Gasteiger partial charge on any atom is 0.267 e. The summed E-state index contributed by atoms with van der Waals surface area (Å²) in [5.41, 5.74) is 13.1. The second-order valence-corrected chi connectivity index (χ2v) is 4.04. The molecule has 1 heterocycles. The summed E-state index contributed by atoms with van der Waals surface area (Å²) in [6, 6.07) is 0. The molecule has 0 spiro atoms. The zero-order chi connectivity index (χ0) is 10.3. The van der Waals surface area contributed by atoms with E-state index in [0.717, 1.165) is 17.9 Å². The van der Waals surface area contributed by atoms with Crippen molar-refractivity contribution < 1.29 is 4.79 Å². The van der Waals surface area contributed by atoms with E-state index in [9.17, 15) is 4.79 Å². The van der Waals surface area contributed by atoms with Crippen molar-refractivity contribution in [1.82, 2.24) is 4.57 Å². The monoisotopic (exact) mass is 193 g/mol. The van der Waals surface area contributed by atoms with Crippen LogP contribution in [0.25, 0.3) is 0 Å². The van der Waals surface area contributed by atoms with Crippen LogP contribution in [0.15, 0.2) is 6.20 Å². The molecule has 1 aliphatic carbocycles. The number of amides is 1. The van der Waals surface area contributed by atoms with Crippen LogP contribution in [-0.4, -0.2) is 10.5 Å². The molecule has 1 aromatic rings. The van der Waals surface area contributed by atoms with Crippen LogP contribution in [0.2, 0.25) is 0 Å². The molecular formula is C10H15N3O. The molecule has 1 aliphatic rings. The molecule has 0 radical (unpaired) electrons.